The van der Waals surface area contributed by atoms with E-state index in [1.165, 1.54) is 89.3 Å². The van der Waals surface area contributed by atoms with Crippen LogP contribution in [0.2, 0.25) is 0 Å². The Morgan fingerprint density at radius 1 is 0.316 bits per heavy atom. The van der Waals surface area contributed by atoms with Crippen LogP contribution in [-0.4, -0.2) is 4.57 Å². The van der Waals surface area contributed by atoms with E-state index >= 15 is 0 Å². The Kier molecular flexibility index (Phi) is 7.25. The third-order valence-corrected chi connectivity index (χ3v) is 12.7. The summed E-state index contributed by atoms with van der Waals surface area (Å²) in [6.07, 6.45) is 0. The molecule has 0 bridgehead atoms. The molecular formula is C54H43N3. The number of para-hydroxylation sites is 5. The molecule has 0 atom stereocenters. The Morgan fingerprint density at radius 3 is 1.37 bits per heavy atom. The molecule has 0 radical (unpaired) electrons. The molecule has 0 saturated carbocycles. The summed E-state index contributed by atoms with van der Waals surface area (Å²) < 4.78 is 2.39. The topological polar surface area (TPSA) is 11.4 Å². The van der Waals surface area contributed by atoms with Gasteiger partial charge in [0.15, 0.2) is 0 Å². The number of anilines is 6. The van der Waals surface area contributed by atoms with Crippen LogP contribution >= 0.6 is 0 Å². The zero-order valence-corrected chi connectivity index (χ0v) is 32.7. The van der Waals surface area contributed by atoms with E-state index in [4.69, 9.17) is 0 Å². The Hall–Kier alpha value is -6.84. The van der Waals surface area contributed by atoms with Crippen molar-refractivity contribution in [3.05, 3.63) is 210 Å². The van der Waals surface area contributed by atoms with Crippen molar-refractivity contribution in [2.45, 2.75) is 38.5 Å². The SMILES string of the molecule is CC1(C)c2ccccc2N(c2ccccc2)c2ccc(-c3ccc4c(c3)C(C)(C)c3ccccc3N4c3ccc4c(c3)c3ccccc3n4-c3ccccc3)cc21. The molecule has 0 spiro atoms. The lowest BCUT2D eigenvalue weighted by Crippen LogP contribution is -2.31. The van der Waals surface area contributed by atoms with Crippen molar-refractivity contribution in [2.75, 3.05) is 9.80 Å². The van der Waals surface area contributed by atoms with Gasteiger partial charge in [-0.15, -0.1) is 0 Å². The minimum atomic E-state index is -0.220. The van der Waals surface area contributed by atoms with Crippen LogP contribution in [0, 0.1) is 0 Å². The van der Waals surface area contributed by atoms with Crippen molar-refractivity contribution in [1.82, 2.24) is 4.57 Å². The quantitative estimate of drug-likeness (QED) is 0.178. The van der Waals surface area contributed by atoms with Gasteiger partial charge in [-0.25, -0.2) is 0 Å². The molecule has 3 heteroatoms. The van der Waals surface area contributed by atoms with Crippen molar-refractivity contribution >= 4 is 55.9 Å². The van der Waals surface area contributed by atoms with Gasteiger partial charge in [-0.2, -0.15) is 0 Å². The zero-order valence-electron chi connectivity index (χ0n) is 32.7. The molecule has 1 aromatic heterocycles. The smallest absolute Gasteiger partial charge is 0.0542 e. The molecular weight excluding hydrogens is 691 g/mol. The second kappa shape index (κ2) is 12.3. The lowest BCUT2D eigenvalue weighted by atomic mass is 9.71. The van der Waals surface area contributed by atoms with Gasteiger partial charge in [0.1, 0.15) is 0 Å². The largest absolute Gasteiger partial charge is 0.310 e. The predicted octanol–water partition coefficient (Wildman–Crippen LogP) is 14.7. The van der Waals surface area contributed by atoms with Crippen LogP contribution in [0.5, 0.6) is 0 Å². The van der Waals surface area contributed by atoms with Gasteiger partial charge in [0, 0.05) is 38.7 Å². The van der Waals surface area contributed by atoms with E-state index in [0.717, 1.165) is 5.69 Å². The Morgan fingerprint density at radius 2 is 0.772 bits per heavy atom. The zero-order chi connectivity index (χ0) is 38.5. The Labute approximate surface area is 334 Å². The Balaban J connectivity index is 1.07. The van der Waals surface area contributed by atoms with E-state index < -0.39 is 0 Å². The van der Waals surface area contributed by atoms with Gasteiger partial charge in [-0.1, -0.05) is 131 Å². The van der Waals surface area contributed by atoms with Gasteiger partial charge in [-0.05, 0) is 118 Å². The number of rotatable bonds is 4. The first-order valence-electron chi connectivity index (χ1n) is 20.0. The van der Waals surface area contributed by atoms with Crippen molar-refractivity contribution < 1.29 is 0 Å². The summed E-state index contributed by atoms with van der Waals surface area (Å²) in [6, 6.07) is 69.3. The summed E-state index contributed by atoms with van der Waals surface area (Å²) in [6.45, 7) is 9.51. The predicted molar refractivity (Wildman–Crippen MR) is 240 cm³/mol. The van der Waals surface area contributed by atoms with Crippen LogP contribution < -0.4 is 9.80 Å². The average Bonchev–Trinajstić information content (AvgIpc) is 3.58. The highest BCUT2D eigenvalue weighted by Crippen LogP contribution is 2.55. The van der Waals surface area contributed by atoms with Crippen molar-refractivity contribution in [1.29, 1.82) is 0 Å². The van der Waals surface area contributed by atoms with Crippen molar-refractivity contribution in [2.24, 2.45) is 0 Å². The lowest BCUT2D eigenvalue weighted by Gasteiger charge is -2.43. The number of nitrogens with zero attached hydrogens (tertiary/aromatic N) is 3. The first-order valence-corrected chi connectivity index (χ1v) is 20.0. The van der Waals surface area contributed by atoms with E-state index in [-0.39, 0.29) is 10.8 Å². The maximum Gasteiger partial charge on any atom is 0.0542 e. The van der Waals surface area contributed by atoms with Crippen LogP contribution in [0.15, 0.2) is 188 Å². The summed E-state index contributed by atoms with van der Waals surface area (Å²) in [5.74, 6) is 0. The van der Waals surface area contributed by atoms with Crippen molar-refractivity contribution in [3.63, 3.8) is 0 Å². The second-order valence-corrected chi connectivity index (χ2v) is 16.6. The molecule has 9 aromatic rings. The molecule has 0 saturated heterocycles. The van der Waals surface area contributed by atoms with Gasteiger partial charge >= 0.3 is 0 Å². The lowest BCUT2D eigenvalue weighted by molar-refractivity contribution is 0.631. The Bertz CT molecular complexity index is 3020. The number of hydrogen-bond donors (Lipinski definition) is 0. The number of benzene rings is 8. The molecule has 3 heterocycles. The summed E-state index contributed by atoms with van der Waals surface area (Å²) in [4.78, 5) is 4.91. The third-order valence-electron chi connectivity index (χ3n) is 12.7. The van der Waals surface area contributed by atoms with E-state index in [1.807, 2.05) is 0 Å². The fourth-order valence-corrected chi connectivity index (χ4v) is 9.85. The average molecular weight is 734 g/mol. The van der Waals surface area contributed by atoms with Crippen LogP contribution in [0.1, 0.15) is 49.9 Å². The monoisotopic (exact) mass is 733 g/mol. The van der Waals surface area contributed by atoms with Gasteiger partial charge in [0.05, 0.1) is 33.8 Å². The highest BCUT2D eigenvalue weighted by Gasteiger charge is 2.39. The molecule has 274 valence electrons. The number of hydrogen-bond acceptors (Lipinski definition) is 2. The molecule has 0 aliphatic carbocycles. The van der Waals surface area contributed by atoms with Crippen LogP contribution in [0.3, 0.4) is 0 Å². The fraction of sp³-hybridized carbons (Fsp3) is 0.111. The summed E-state index contributed by atoms with van der Waals surface area (Å²) in [5, 5.41) is 2.50. The minimum Gasteiger partial charge on any atom is -0.310 e. The van der Waals surface area contributed by atoms with E-state index in [0.29, 0.717) is 0 Å². The highest BCUT2D eigenvalue weighted by atomic mass is 15.2. The highest BCUT2D eigenvalue weighted by molar-refractivity contribution is 6.11. The molecule has 0 N–H and O–H groups in total. The molecule has 0 fully saturated rings. The third kappa shape index (κ3) is 4.91. The van der Waals surface area contributed by atoms with Crippen LogP contribution in [0.25, 0.3) is 38.6 Å². The van der Waals surface area contributed by atoms with Gasteiger partial charge in [-0.3, -0.25) is 0 Å². The minimum absolute atomic E-state index is 0.182. The summed E-state index contributed by atoms with van der Waals surface area (Å²) in [7, 11) is 0. The maximum atomic E-state index is 2.48. The van der Waals surface area contributed by atoms with Crippen molar-refractivity contribution in [3.8, 4) is 16.8 Å². The first-order chi connectivity index (χ1) is 27.8. The molecule has 8 aromatic carbocycles. The van der Waals surface area contributed by atoms with Gasteiger partial charge < -0.3 is 14.4 Å². The molecule has 0 amide bonds. The number of aromatic nitrogens is 1. The summed E-state index contributed by atoms with van der Waals surface area (Å²) in [5.41, 5.74) is 18.2. The molecule has 2 aliphatic heterocycles. The van der Waals surface area contributed by atoms with Crippen LogP contribution in [0.4, 0.5) is 34.1 Å². The van der Waals surface area contributed by atoms with E-state index in [1.54, 1.807) is 0 Å². The maximum absolute atomic E-state index is 2.48. The molecule has 57 heavy (non-hydrogen) atoms. The first kappa shape index (κ1) is 33.5. The fourth-order valence-electron chi connectivity index (χ4n) is 9.85. The van der Waals surface area contributed by atoms with E-state index in [9.17, 15) is 0 Å². The standard InChI is InChI=1S/C54H43N3/c1-53(2)43-22-12-15-25-49(43)56(39-19-9-6-10-20-39)51-30-27-36(33-45(51)53)37-28-31-52-46(34-37)54(3,4)44-23-13-16-26-50(44)57(52)40-29-32-48-42(35-40)41-21-11-14-24-47(41)55(48)38-17-7-5-8-18-38/h5-35H,1-4H3. The number of fused-ring (bicyclic) bond motifs is 7. The van der Waals surface area contributed by atoms with E-state index in [2.05, 4.69) is 230 Å². The molecule has 3 nitrogen and oxygen atoms in total. The molecule has 11 rings (SSSR count). The molecule has 2 aliphatic rings. The van der Waals surface area contributed by atoms with Gasteiger partial charge in [0.25, 0.3) is 0 Å². The second-order valence-electron chi connectivity index (χ2n) is 16.6. The summed E-state index contributed by atoms with van der Waals surface area (Å²) >= 11 is 0. The van der Waals surface area contributed by atoms with Crippen LogP contribution in [-0.2, 0) is 10.8 Å². The normalized spacial score (nSPS) is 14.9. The molecule has 0 unspecified atom stereocenters. The van der Waals surface area contributed by atoms with Gasteiger partial charge in [0.2, 0.25) is 0 Å².